The van der Waals surface area contributed by atoms with Crippen molar-refractivity contribution in [3.8, 4) is 0 Å². The fourth-order valence-corrected chi connectivity index (χ4v) is 3.60. The number of thiocarbonyl (C=S) groups is 1. The number of para-hydroxylation sites is 1. The van der Waals surface area contributed by atoms with Gasteiger partial charge in [0.25, 0.3) is 5.91 Å². The van der Waals surface area contributed by atoms with E-state index >= 15 is 0 Å². The van der Waals surface area contributed by atoms with Crippen LogP contribution in [0.5, 0.6) is 0 Å². The maximum Gasteiger partial charge on any atom is 0.255 e. The van der Waals surface area contributed by atoms with Gasteiger partial charge in [0.05, 0.1) is 0 Å². The highest BCUT2D eigenvalue weighted by Gasteiger charge is 2.11. The largest absolute Gasteiger partial charge is 0.389 e. The number of hydrogen-bond acceptors (Lipinski definition) is 2. The summed E-state index contributed by atoms with van der Waals surface area (Å²) in [6.07, 6.45) is 0. The maximum absolute atomic E-state index is 12.6. The van der Waals surface area contributed by atoms with E-state index in [1.807, 2.05) is 24.3 Å². The lowest BCUT2D eigenvalue weighted by atomic mass is 10.1. The van der Waals surface area contributed by atoms with Gasteiger partial charge < -0.3 is 15.6 Å². The second kappa shape index (κ2) is 6.85. The topological polar surface area (TPSA) is 60.0 Å². The molecule has 5 heteroatoms. The first-order chi connectivity index (χ1) is 13.1. The summed E-state index contributed by atoms with van der Waals surface area (Å²) in [6, 6.07) is 21.3. The minimum Gasteiger partial charge on any atom is -0.389 e. The standard InChI is InChI=1S/C22H19N3OS/c1-2-25-19-6-4-3-5-17(19)18-13-16(11-12-20(18)25)24-22(26)15-9-7-14(8-10-15)21(23)27/h3-13H,2H2,1H3,(H2,23,27)(H,24,26). The van der Waals surface area contributed by atoms with Crippen LogP contribution in [0.4, 0.5) is 5.69 Å². The number of rotatable bonds is 4. The molecule has 0 aliphatic carbocycles. The SMILES string of the molecule is CCn1c2ccccc2c2cc(NC(=O)c3ccc(C(N)=S)cc3)ccc21. The molecule has 0 unspecified atom stereocenters. The number of hydrogen-bond donors (Lipinski definition) is 2. The number of nitrogens with two attached hydrogens (primary N) is 1. The van der Waals surface area contributed by atoms with Crippen molar-refractivity contribution in [1.29, 1.82) is 0 Å². The van der Waals surface area contributed by atoms with Crippen LogP contribution in [0.15, 0.2) is 66.7 Å². The Morgan fingerprint density at radius 3 is 2.33 bits per heavy atom. The molecule has 0 aliphatic rings. The monoisotopic (exact) mass is 373 g/mol. The molecule has 0 saturated carbocycles. The van der Waals surface area contributed by atoms with Crippen molar-refractivity contribution in [1.82, 2.24) is 4.57 Å². The van der Waals surface area contributed by atoms with E-state index in [1.165, 1.54) is 10.9 Å². The third kappa shape index (κ3) is 3.06. The molecule has 3 N–H and O–H groups in total. The second-order valence-electron chi connectivity index (χ2n) is 6.39. The van der Waals surface area contributed by atoms with Gasteiger partial charge >= 0.3 is 0 Å². The first kappa shape index (κ1) is 17.2. The van der Waals surface area contributed by atoms with Crippen molar-refractivity contribution in [2.45, 2.75) is 13.5 Å². The maximum atomic E-state index is 12.6. The van der Waals surface area contributed by atoms with Crippen LogP contribution < -0.4 is 11.1 Å². The molecule has 0 spiro atoms. The van der Waals surface area contributed by atoms with Crippen molar-refractivity contribution in [3.63, 3.8) is 0 Å². The minimum atomic E-state index is -0.164. The summed E-state index contributed by atoms with van der Waals surface area (Å²) in [4.78, 5) is 12.9. The molecule has 0 radical (unpaired) electrons. The molecule has 4 nitrogen and oxygen atoms in total. The Hall–Kier alpha value is -3.18. The van der Waals surface area contributed by atoms with E-state index < -0.39 is 0 Å². The number of fused-ring (bicyclic) bond motifs is 3. The summed E-state index contributed by atoms with van der Waals surface area (Å²) < 4.78 is 2.28. The van der Waals surface area contributed by atoms with E-state index in [-0.39, 0.29) is 5.91 Å². The zero-order valence-electron chi connectivity index (χ0n) is 14.9. The fourth-order valence-electron chi connectivity index (χ4n) is 3.46. The van der Waals surface area contributed by atoms with Gasteiger partial charge in [0.2, 0.25) is 0 Å². The summed E-state index contributed by atoms with van der Waals surface area (Å²) in [7, 11) is 0. The Morgan fingerprint density at radius 2 is 1.63 bits per heavy atom. The lowest BCUT2D eigenvalue weighted by Gasteiger charge is -2.07. The van der Waals surface area contributed by atoms with Gasteiger partial charge in [0.15, 0.2) is 0 Å². The summed E-state index contributed by atoms with van der Waals surface area (Å²) >= 11 is 4.95. The van der Waals surface area contributed by atoms with E-state index in [1.54, 1.807) is 24.3 Å². The number of aryl methyl sites for hydroxylation is 1. The molecule has 0 atom stereocenters. The molecule has 0 aliphatic heterocycles. The fraction of sp³-hybridized carbons (Fsp3) is 0.0909. The van der Waals surface area contributed by atoms with Gasteiger partial charge in [0.1, 0.15) is 4.99 Å². The Labute approximate surface area is 162 Å². The van der Waals surface area contributed by atoms with Crippen LogP contribution in [0, 0.1) is 0 Å². The van der Waals surface area contributed by atoms with Crippen LogP contribution in [-0.4, -0.2) is 15.5 Å². The Morgan fingerprint density at radius 1 is 0.963 bits per heavy atom. The summed E-state index contributed by atoms with van der Waals surface area (Å²) in [5.74, 6) is -0.164. The highest BCUT2D eigenvalue weighted by molar-refractivity contribution is 7.80. The number of benzene rings is 3. The molecule has 1 aromatic heterocycles. The number of carbonyl (C=O) groups is 1. The molecule has 134 valence electrons. The number of nitrogens with one attached hydrogen (secondary N) is 1. The average molecular weight is 373 g/mol. The van der Waals surface area contributed by atoms with E-state index in [0.29, 0.717) is 10.6 Å². The zero-order chi connectivity index (χ0) is 19.0. The number of carbonyl (C=O) groups excluding carboxylic acids is 1. The molecule has 4 rings (SSSR count). The molecular weight excluding hydrogens is 354 g/mol. The van der Waals surface area contributed by atoms with Gasteiger partial charge in [-0.3, -0.25) is 4.79 Å². The van der Waals surface area contributed by atoms with Crippen molar-refractivity contribution >= 4 is 50.6 Å². The molecule has 1 heterocycles. The first-order valence-electron chi connectivity index (χ1n) is 8.80. The molecule has 1 amide bonds. The molecule has 0 saturated heterocycles. The smallest absolute Gasteiger partial charge is 0.255 e. The molecule has 0 fully saturated rings. The lowest BCUT2D eigenvalue weighted by molar-refractivity contribution is 0.102. The summed E-state index contributed by atoms with van der Waals surface area (Å²) in [6.45, 7) is 3.03. The third-order valence-corrected chi connectivity index (χ3v) is 5.01. The quantitative estimate of drug-likeness (QED) is 0.510. The average Bonchev–Trinajstić information content (AvgIpc) is 3.01. The van der Waals surface area contributed by atoms with Crippen LogP contribution in [0.3, 0.4) is 0 Å². The van der Waals surface area contributed by atoms with Crippen molar-refractivity contribution < 1.29 is 4.79 Å². The summed E-state index contributed by atoms with van der Waals surface area (Å²) in [5.41, 5.74) is 10.0. The van der Waals surface area contributed by atoms with Gasteiger partial charge in [-0.15, -0.1) is 0 Å². The minimum absolute atomic E-state index is 0.164. The molecule has 4 aromatic rings. The summed E-state index contributed by atoms with van der Waals surface area (Å²) in [5, 5.41) is 5.30. The normalized spacial score (nSPS) is 11.0. The van der Waals surface area contributed by atoms with Crippen molar-refractivity contribution in [2.24, 2.45) is 5.73 Å². The Kier molecular flexibility index (Phi) is 4.38. The van der Waals surface area contributed by atoms with Crippen LogP contribution in [0.2, 0.25) is 0 Å². The molecular formula is C22H19N3OS. The number of nitrogens with zero attached hydrogens (tertiary/aromatic N) is 1. The number of amides is 1. The predicted molar refractivity (Wildman–Crippen MR) is 115 cm³/mol. The van der Waals surface area contributed by atoms with E-state index in [4.69, 9.17) is 18.0 Å². The van der Waals surface area contributed by atoms with Crippen LogP contribution in [-0.2, 0) is 6.54 Å². The Balaban J connectivity index is 1.69. The van der Waals surface area contributed by atoms with Gasteiger partial charge in [-0.25, -0.2) is 0 Å². The van der Waals surface area contributed by atoms with E-state index in [9.17, 15) is 4.79 Å². The van der Waals surface area contributed by atoms with E-state index in [0.717, 1.165) is 28.7 Å². The van der Waals surface area contributed by atoms with Gasteiger partial charge in [-0.05, 0) is 43.3 Å². The number of anilines is 1. The van der Waals surface area contributed by atoms with Gasteiger partial charge in [-0.1, -0.05) is 42.5 Å². The lowest BCUT2D eigenvalue weighted by Crippen LogP contribution is -2.13. The van der Waals surface area contributed by atoms with Gasteiger partial charge in [0, 0.05) is 45.2 Å². The molecule has 27 heavy (non-hydrogen) atoms. The van der Waals surface area contributed by atoms with Crippen LogP contribution in [0.25, 0.3) is 21.8 Å². The highest BCUT2D eigenvalue weighted by Crippen LogP contribution is 2.31. The van der Waals surface area contributed by atoms with E-state index in [2.05, 4.69) is 35.0 Å². The highest BCUT2D eigenvalue weighted by atomic mass is 32.1. The first-order valence-corrected chi connectivity index (χ1v) is 9.21. The van der Waals surface area contributed by atoms with Gasteiger partial charge in [-0.2, -0.15) is 0 Å². The second-order valence-corrected chi connectivity index (χ2v) is 6.83. The van der Waals surface area contributed by atoms with Crippen LogP contribution in [0.1, 0.15) is 22.8 Å². The Bertz CT molecular complexity index is 1180. The van der Waals surface area contributed by atoms with Crippen LogP contribution >= 0.6 is 12.2 Å². The predicted octanol–water partition coefficient (Wildman–Crippen LogP) is 4.70. The third-order valence-electron chi connectivity index (χ3n) is 4.78. The zero-order valence-corrected chi connectivity index (χ0v) is 15.7. The molecule has 3 aromatic carbocycles. The molecule has 0 bridgehead atoms. The van der Waals surface area contributed by atoms with Crippen molar-refractivity contribution in [3.05, 3.63) is 77.9 Å². The number of aromatic nitrogens is 1. The van der Waals surface area contributed by atoms with Crippen molar-refractivity contribution in [2.75, 3.05) is 5.32 Å².